The SMILES string of the molecule is CC(C)[C@H](NC(=O)CNC(=O)[C@@H](N)Cc1cnc[nH]1)C(=O)N[C@@H](Cc1cnc[nH]1)C(=O)NCC(=O)O. The normalized spacial score (nSPS) is 13.3. The molecule has 0 saturated carbocycles. The van der Waals surface area contributed by atoms with Crippen molar-refractivity contribution in [3.63, 3.8) is 0 Å². The second-order valence-electron chi connectivity index (χ2n) is 8.35. The smallest absolute Gasteiger partial charge is 0.322 e. The van der Waals surface area contributed by atoms with Crippen LogP contribution < -0.4 is 27.0 Å². The molecule has 196 valence electrons. The van der Waals surface area contributed by atoms with Gasteiger partial charge in [0, 0.05) is 36.6 Å². The standard InChI is InChI=1S/C21H31N9O6/c1-11(2)18(30-16(31)7-25-19(34)14(22)3-12-5-23-9-27-12)21(36)29-15(4-13-6-24-10-28-13)20(35)26-8-17(32)33/h5-6,9-11,14-15,18H,3-4,7-8,22H2,1-2H3,(H,23,27)(H,24,28)(H,25,34)(H,26,35)(H,29,36)(H,30,31)(H,32,33)/t14-,15-,18-/m0/s1. The van der Waals surface area contributed by atoms with Crippen molar-refractivity contribution in [1.82, 2.24) is 41.2 Å². The summed E-state index contributed by atoms with van der Waals surface area (Å²) in [6.45, 7) is 2.35. The van der Waals surface area contributed by atoms with Crippen molar-refractivity contribution in [2.24, 2.45) is 11.7 Å². The van der Waals surface area contributed by atoms with E-state index in [1.165, 1.54) is 25.0 Å². The first-order chi connectivity index (χ1) is 17.1. The van der Waals surface area contributed by atoms with E-state index in [4.69, 9.17) is 10.8 Å². The number of rotatable bonds is 14. The quantitative estimate of drug-likeness (QED) is 0.132. The maximum atomic E-state index is 13.0. The Morgan fingerprint density at radius 1 is 0.889 bits per heavy atom. The van der Waals surface area contributed by atoms with Crippen molar-refractivity contribution in [2.75, 3.05) is 13.1 Å². The molecule has 0 aliphatic rings. The number of aliphatic carboxylic acids is 1. The van der Waals surface area contributed by atoms with E-state index < -0.39 is 60.8 Å². The second-order valence-corrected chi connectivity index (χ2v) is 8.35. The Balaban J connectivity index is 1.95. The molecule has 0 aliphatic heterocycles. The molecule has 15 nitrogen and oxygen atoms in total. The minimum atomic E-state index is -1.24. The van der Waals surface area contributed by atoms with Crippen LogP contribution in [0.5, 0.6) is 0 Å². The van der Waals surface area contributed by atoms with E-state index in [1.807, 2.05) is 0 Å². The zero-order chi connectivity index (χ0) is 26.7. The van der Waals surface area contributed by atoms with Crippen LogP contribution in [0.25, 0.3) is 0 Å². The number of amides is 4. The van der Waals surface area contributed by atoms with E-state index in [1.54, 1.807) is 13.8 Å². The highest BCUT2D eigenvalue weighted by molar-refractivity contribution is 5.94. The minimum absolute atomic E-state index is 0.0141. The van der Waals surface area contributed by atoms with Crippen LogP contribution in [-0.2, 0) is 36.8 Å². The Morgan fingerprint density at radius 3 is 2.00 bits per heavy atom. The van der Waals surface area contributed by atoms with Crippen LogP contribution in [0.4, 0.5) is 0 Å². The number of aromatic amines is 2. The van der Waals surface area contributed by atoms with Gasteiger partial charge in [-0.3, -0.25) is 24.0 Å². The Morgan fingerprint density at radius 2 is 1.47 bits per heavy atom. The Labute approximate surface area is 206 Å². The zero-order valence-electron chi connectivity index (χ0n) is 19.9. The van der Waals surface area contributed by atoms with E-state index in [0.717, 1.165) is 0 Å². The number of aromatic nitrogens is 4. The first-order valence-electron chi connectivity index (χ1n) is 11.1. The van der Waals surface area contributed by atoms with Crippen molar-refractivity contribution >= 4 is 29.6 Å². The number of nitrogens with zero attached hydrogens (tertiary/aromatic N) is 2. The summed E-state index contributed by atoms with van der Waals surface area (Å²) < 4.78 is 0. The summed E-state index contributed by atoms with van der Waals surface area (Å²) in [5, 5.41) is 18.6. The van der Waals surface area contributed by atoms with Crippen LogP contribution in [0.15, 0.2) is 25.0 Å². The first-order valence-corrected chi connectivity index (χ1v) is 11.1. The molecule has 2 aromatic heterocycles. The molecule has 0 bridgehead atoms. The highest BCUT2D eigenvalue weighted by Crippen LogP contribution is 2.05. The fraction of sp³-hybridized carbons (Fsp3) is 0.476. The number of carboxylic acid groups (broad SMARTS) is 1. The average Bonchev–Trinajstić information content (AvgIpc) is 3.53. The number of H-pyrrole nitrogens is 2. The third-order valence-electron chi connectivity index (χ3n) is 5.05. The van der Waals surface area contributed by atoms with E-state index >= 15 is 0 Å². The number of carbonyl (C=O) groups is 5. The molecule has 9 N–H and O–H groups in total. The van der Waals surface area contributed by atoms with Crippen molar-refractivity contribution in [1.29, 1.82) is 0 Å². The van der Waals surface area contributed by atoms with Crippen LogP contribution in [0.1, 0.15) is 25.2 Å². The van der Waals surface area contributed by atoms with Crippen molar-refractivity contribution in [3.05, 3.63) is 36.4 Å². The molecule has 3 atom stereocenters. The lowest BCUT2D eigenvalue weighted by Gasteiger charge is -2.25. The summed E-state index contributed by atoms with van der Waals surface area (Å²) in [4.78, 5) is 74.2. The van der Waals surface area contributed by atoms with Gasteiger partial charge in [-0.05, 0) is 5.92 Å². The number of nitrogens with one attached hydrogen (secondary N) is 6. The molecular weight excluding hydrogens is 474 g/mol. The van der Waals surface area contributed by atoms with Crippen LogP contribution in [0.2, 0.25) is 0 Å². The second kappa shape index (κ2) is 13.6. The van der Waals surface area contributed by atoms with E-state index in [0.29, 0.717) is 11.4 Å². The molecule has 0 aliphatic carbocycles. The highest BCUT2D eigenvalue weighted by Gasteiger charge is 2.29. The largest absolute Gasteiger partial charge is 0.480 e. The topological polar surface area (TPSA) is 237 Å². The number of nitrogens with two attached hydrogens (primary N) is 1. The van der Waals surface area contributed by atoms with Gasteiger partial charge in [0.05, 0.1) is 25.2 Å². The summed E-state index contributed by atoms with van der Waals surface area (Å²) >= 11 is 0. The molecule has 2 rings (SSSR count). The van der Waals surface area contributed by atoms with Gasteiger partial charge in [-0.15, -0.1) is 0 Å². The van der Waals surface area contributed by atoms with Crippen molar-refractivity contribution in [3.8, 4) is 0 Å². The molecule has 4 amide bonds. The number of carbonyl (C=O) groups excluding carboxylic acids is 4. The summed E-state index contributed by atoms with van der Waals surface area (Å²) in [5.74, 6) is -4.18. The maximum absolute atomic E-state index is 13.0. The molecule has 2 heterocycles. The lowest BCUT2D eigenvalue weighted by Crippen LogP contribution is -2.57. The fourth-order valence-corrected chi connectivity index (χ4v) is 3.16. The van der Waals surface area contributed by atoms with Gasteiger partial charge in [0.15, 0.2) is 0 Å². The Kier molecular flexibility index (Phi) is 10.5. The lowest BCUT2D eigenvalue weighted by atomic mass is 10.0. The molecule has 0 unspecified atom stereocenters. The molecule has 2 aromatic rings. The molecule has 36 heavy (non-hydrogen) atoms. The Bertz CT molecular complexity index is 1020. The fourth-order valence-electron chi connectivity index (χ4n) is 3.16. The van der Waals surface area contributed by atoms with Crippen molar-refractivity contribution in [2.45, 2.75) is 44.8 Å². The van der Waals surface area contributed by atoms with Gasteiger partial charge in [0.25, 0.3) is 0 Å². The number of hydrogen-bond donors (Lipinski definition) is 8. The van der Waals surface area contributed by atoms with Gasteiger partial charge in [-0.25, -0.2) is 9.97 Å². The van der Waals surface area contributed by atoms with Crippen LogP contribution >= 0.6 is 0 Å². The molecule has 0 fully saturated rings. The first kappa shape index (κ1) is 28.0. The third kappa shape index (κ3) is 9.17. The molecular formula is C21H31N9O6. The lowest BCUT2D eigenvalue weighted by molar-refractivity contribution is -0.138. The van der Waals surface area contributed by atoms with E-state index in [-0.39, 0.29) is 18.8 Å². The molecule has 15 heteroatoms. The predicted octanol–water partition coefficient (Wildman–Crippen LogP) is -2.81. The van der Waals surface area contributed by atoms with Crippen molar-refractivity contribution < 1.29 is 29.1 Å². The van der Waals surface area contributed by atoms with E-state index in [9.17, 15) is 24.0 Å². The highest BCUT2D eigenvalue weighted by atomic mass is 16.4. The zero-order valence-corrected chi connectivity index (χ0v) is 19.9. The summed E-state index contributed by atoms with van der Waals surface area (Å²) in [7, 11) is 0. The molecule has 0 aromatic carbocycles. The predicted molar refractivity (Wildman–Crippen MR) is 125 cm³/mol. The minimum Gasteiger partial charge on any atom is -0.480 e. The number of imidazole rings is 2. The van der Waals surface area contributed by atoms with Crippen LogP contribution in [0.3, 0.4) is 0 Å². The third-order valence-corrected chi connectivity index (χ3v) is 5.05. The van der Waals surface area contributed by atoms with E-state index in [2.05, 4.69) is 41.2 Å². The van der Waals surface area contributed by atoms with Crippen LogP contribution in [0, 0.1) is 5.92 Å². The summed E-state index contributed by atoms with van der Waals surface area (Å²) in [6.07, 6.45) is 6.07. The average molecular weight is 506 g/mol. The van der Waals surface area contributed by atoms with Gasteiger partial charge >= 0.3 is 5.97 Å². The summed E-state index contributed by atoms with van der Waals surface area (Å²) in [5.41, 5.74) is 7.03. The number of hydrogen-bond acceptors (Lipinski definition) is 8. The van der Waals surface area contributed by atoms with Gasteiger partial charge < -0.3 is 42.1 Å². The molecule has 0 saturated heterocycles. The van der Waals surface area contributed by atoms with Gasteiger partial charge in [0.2, 0.25) is 23.6 Å². The maximum Gasteiger partial charge on any atom is 0.322 e. The monoisotopic (exact) mass is 505 g/mol. The Hall–Kier alpha value is -4.27. The number of carboxylic acids is 1. The van der Waals surface area contributed by atoms with Gasteiger partial charge in [0.1, 0.15) is 18.6 Å². The van der Waals surface area contributed by atoms with Crippen LogP contribution in [-0.4, -0.2) is 85.9 Å². The van der Waals surface area contributed by atoms with Gasteiger partial charge in [-0.1, -0.05) is 13.8 Å². The molecule has 0 radical (unpaired) electrons. The van der Waals surface area contributed by atoms with Gasteiger partial charge in [-0.2, -0.15) is 0 Å². The summed E-state index contributed by atoms with van der Waals surface area (Å²) in [6, 6.07) is -3.07. The molecule has 0 spiro atoms.